The predicted molar refractivity (Wildman–Crippen MR) is 76.2 cm³/mol. The Morgan fingerprint density at radius 3 is 2.33 bits per heavy atom. The minimum Gasteiger partial charge on any atom is -0.480 e. The Hall–Kier alpha value is -2.60. The molecule has 0 bridgehead atoms. The fraction of sp³-hybridized carbons (Fsp3) is 0.200. The van der Waals surface area contributed by atoms with E-state index in [0.29, 0.717) is 5.75 Å². The van der Waals surface area contributed by atoms with Crippen molar-refractivity contribution < 1.29 is 24.5 Å². The van der Waals surface area contributed by atoms with Crippen molar-refractivity contribution in [3.8, 4) is 5.75 Å². The molecule has 2 aromatic rings. The van der Waals surface area contributed by atoms with Gasteiger partial charge in [-0.3, -0.25) is 4.79 Å². The van der Waals surface area contributed by atoms with Gasteiger partial charge in [0.15, 0.2) is 6.10 Å². The third kappa shape index (κ3) is 3.70. The number of hydrogen-bond acceptors (Lipinski definition) is 4. The maximum atomic E-state index is 11.2. The smallest absolute Gasteiger partial charge is 0.344 e. The number of ether oxygens (including phenoxy) is 1. The van der Waals surface area contributed by atoms with Gasteiger partial charge in [0, 0.05) is 6.42 Å². The van der Waals surface area contributed by atoms with E-state index in [1.807, 2.05) is 24.3 Å². The minimum absolute atomic E-state index is 0.308. The molecule has 2 atom stereocenters. The van der Waals surface area contributed by atoms with E-state index in [1.54, 1.807) is 18.2 Å². The van der Waals surface area contributed by atoms with E-state index < -0.39 is 24.1 Å². The van der Waals surface area contributed by atoms with Gasteiger partial charge < -0.3 is 20.7 Å². The Morgan fingerprint density at radius 2 is 1.71 bits per heavy atom. The van der Waals surface area contributed by atoms with Crippen molar-refractivity contribution in [3.63, 3.8) is 0 Å². The van der Waals surface area contributed by atoms with Crippen LogP contribution < -0.4 is 10.5 Å². The van der Waals surface area contributed by atoms with Crippen LogP contribution in [0, 0.1) is 0 Å². The number of carbonyl (C=O) groups is 2. The maximum Gasteiger partial charge on any atom is 0.344 e. The first-order valence-corrected chi connectivity index (χ1v) is 6.34. The summed E-state index contributed by atoms with van der Waals surface area (Å²) < 4.78 is 5.36. The van der Waals surface area contributed by atoms with Gasteiger partial charge in [0.25, 0.3) is 0 Å². The lowest BCUT2D eigenvalue weighted by Crippen LogP contribution is -2.39. The van der Waals surface area contributed by atoms with Crippen LogP contribution in [0.3, 0.4) is 0 Å². The molecule has 0 spiro atoms. The van der Waals surface area contributed by atoms with Crippen molar-refractivity contribution in [1.82, 2.24) is 0 Å². The summed E-state index contributed by atoms with van der Waals surface area (Å²) in [6, 6.07) is 11.4. The SMILES string of the molecule is N[C@@H](C[C@H](Oc1ccc2ccccc2c1)C(=O)O)C(=O)O. The molecule has 0 saturated heterocycles. The summed E-state index contributed by atoms with van der Waals surface area (Å²) in [6.45, 7) is 0. The van der Waals surface area contributed by atoms with Crippen molar-refractivity contribution in [2.75, 3.05) is 0 Å². The van der Waals surface area contributed by atoms with E-state index in [0.717, 1.165) is 10.8 Å². The van der Waals surface area contributed by atoms with Crippen LogP contribution in [0.4, 0.5) is 0 Å². The molecule has 0 unspecified atom stereocenters. The standard InChI is InChI=1S/C15H15NO5/c16-12(14(17)18)8-13(15(19)20)21-11-6-5-9-3-1-2-4-10(9)7-11/h1-7,12-13H,8,16H2,(H,17,18)(H,19,20)/t12-,13-/m0/s1. The monoisotopic (exact) mass is 289 g/mol. The van der Waals surface area contributed by atoms with E-state index in [4.69, 9.17) is 20.7 Å². The highest BCUT2D eigenvalue weighted by molar-refractivity contribution is 5.84. The Balaban J connectivity index is 2.18. The summed E-state index contributed by atoms with van der Waals surface area (Å²) in [5.41, 5.74) is 5.36. The van der Waals surface area contributed by atoms with Crippen LogP contribution in [-0.2, 0) is 9.59 Å². The summed E-state index contributed by atoms with van der Waals surface area (Å²) in [6.07, 6.45) is -1.62. The highest BCUT2D eigenvalue weighted by atomic mass is 16.5. The lowest BCUT2D eigenvalue weighted by atomic mass is 10.1. The molecule has 6 nitrogen and oxygen atoms in total. The van der Waals surface area contributed by atoms with Crippen LogP contribution in [0.5, 0.6) is 5.75 Å². The third-order valence-electron chi connectivity index (χ3n) is 3.06. The lowest BCUT2D eigenvalue weighted by molar-refractivity contribution is -0.146. The van der Waals surface area contributed by atoms with Crippen molar-refractivity contribution in [2.24, 2.45) is 5.73 Å². The van der Waals surface area contributed by atoms with Crippen molar-refractivity contribution in [1.29, 1.82) is 0 Å². The fourth-order valence-electron chi connectivity index (χ4n) is 1.94. The Bertz CT molecular complexity index is 670. The number of carboxylic acid groups (broad SMARTS) is 2. The summed E-state index contributed by atoms with van der Waals surface area (Å²) >= 11 is 0. The second-order valence-corrected chi connectivity index (χ2v) is 4.63. The molecule has 0 saturated carbocycles. The molecule has 0 aromatic heterocycles. The molecule has 0 aliphatic carbocycles. The molecule has 0 aliphatic heterocycles. The number of aliphatic carboxylic acids is 2. The molecule has 21 heavy (non-hydrogen) atoms. The number of hydrogen-bond donors (Lipinski definition) is 3. The number of fused-ring (bicyclic) bond motifs is 1. The first-order chi connectivity index (χ1) is 9.97. The zero-order chi connectivity index (χ0) is 15.4. The van der Waals surface area contributed by atoms with Gasteiger partial charge in [0.05, 0.1) is 0 Å². The topological polar surface area (TPSA) is 110 Å². The van der Waals surface area contributed by atoms with E-state index in [-0.39, 0.29) is 6.42 Å². The highest BCUT2D eigenvalue weighted by Crippen LogP contribution is 2.22. The second-order valence-electron chi connectivity index (χ2n) is 4.63. The quantitative estimate of drug-likeness (QED) is 0.743. The van der Waals surface area contributed by atoms with Crippen molar-refractivity contribution in [2.45, 2.75) is 18.6 Å². The number of rotatable bonds is 6. The van der Waals surface area contributed by atoms with Gasteiger partial charge in [-0.05, 0) is 22.9 Å². The number of nitrogens with two attached hydrogens (primary N) is 1. The van der Waals surface area contributed by atoms with Gasteiger partial charge in [-0.2, -0.15) is 0 Å². The Kier molecular flexibility index (Phi) is 4.39. The first kappa shape index (κ1) is 14.8. The van der Waals surface area contributed by atoms with E-state index in [1.165, 1.54) is 0 Å². The molecule has 0 heterocycles. The minimum atomic E-state index is -1.31. The summed E-state index contributed by atoms with van der Waals surface area (Å²) in [5, 5.41) is 19.8. The molecule has 2 rings (SSSR count). The molecular weight excluding hydrogens is 274 g/mol. The van der Waals surface area contributed by atoms with Gasteiger partial charge >= 0.3 is 11.9 Å². The zero-order valence-electron chi connectivity index (χ0n) is 11.1. The van der Waals surface area contributed by atoms with Crippen LogP contribution in [0.15, 0.2) is 42.5 Å². The second kappa shape index (κ2) is 6.23. The highest BCUT2D eigenvalue weighted by Gasteiger charge is 2.26. The largest absolute Gasteiger partial charge is 0.480 e. The Morgan fingerprint density at radius 1 is 1.05 bits per heavy atom. The van der Waals surface area contributed by atoms with Gasteiger partial charge in [0.2, 0.25) is 0 Å². The van der Waals surface area contributed by atoms with Gasteiger partial charge in [-0.1, -0.05) is 30.3 Å². The van der Waals surface area contributed by atoms with Crippen molar-refractivity contribution >= 4 is 22.7 Å². The normalized spacial score (nSPS) is 13.6. The van der Waals surface area contributed by atoms with E-state index >= 15 is 0 Å². The molecule has 0 aliphatic rings. The third-order valence-corrected chi connectivity index (χ3v) is 3.06. The molecule has 110 valence electrons. The summed E-state index contributed by atoms with van der Waals surface area (Å²) in [5.74, 6) is -2.15. The van der Waals surface area contributed by atoms with Crippen LogP contribution in [0.25, 0.3) is 10.8 Å². The van der Waals surface area contributed by atoms with Gasteiger partial charge in [-0.15, -0.1) is 0 Å². The molecule has 6 heteroatoms. The molecule has 2 aromatic carbocycles. The fourth-order valence-corrected chi connectivity index (χ4v) is 1.94. The maximum absolute atomic E-state index is 11.2. The number of carboxylic acids is 2. The van der Waals surface area contributed by atoms with Crippen molar-refractivity contribution in [3.05, 3.63) is 42.5 Å². The molecule has 0 fully saturated rings. The van der Waals surface area contributed by atoms with Crippen LogP contribution in [0.1, 0.15) is 6.42 Å². The molecule has 0 amide bonds. The van der Waals surface area contributed by atoms with Crippen LogP contribution in [-0.4, -0.2) is 34.3 Å². The van der Waals surface area contributed by atoms with Gasteiger partial charge in [-0.25, -0.2) is 4.79 Å². The average molecular weight is 289 g/mol. The zero-order valence-corrected chi connectivity index (χ0v) is 11.1. The summed E-state index contributed by atoms with van der Waals surface area (Å²) in [7, 11) is 0. The average Bonchev–Trinajstić information content (AvgIpc) is 2.46. The number of benzene rings is 2. The Labute approximate surface area is 120 Å². The summed E-state index contributed by atoms with van der Waals surface area (Å²) in [4.78, 5) is 21.9. The molecular formula is C15H15NO5. The molecule has 0 radical (unpaired) electrons. The van der Waals surface area contributed by atoms with Gasteiger partial charge in [0.1, 0.15) is 11.8 Å². The van der Waals surface area contributed by atoms with Crippen LogP contribution in [0.2, 0.25) is 0 Å². The van der Waals surface area contributed by atoms with E-state index in [2.05, 4.69) is 0 Å². The first-order valence-electron chi connectivity index (χ1n) is 6.34. The van der Waals surface area contributed by atoms with Crippen LogP contribution >= 0.6 is 0 Å². The predicted octanol–water partition coefficient (Wildman–Crippen LogP) is 1.47. The lowest BCUT2D eigenvalue weighted by Gasteiger charge is -2.17. The van der Waals surface area contributed by atoms with E-state index in [9.17, 15) is 9.59 Å². The molecule has 4 N–H and O–H groups in total.